The van der Waals surface area contributed by atoms with E-state index >= 15 is 0 Å². The number of nitriles is 2. The lowest BCUT2D eigenvalue weighted by molar-refractivity contribution is -0.151. The molecule has 0 aliphatic carbocycles. The number of pyridine rings is 1. The molecule has 0 amide bonds. The van der Waals surface area contributed by atoms with Crippen LogP contribution in [-0.2, 0) is 14.9 Å². The van der Waals surface area contributed by atoms with E-state index in [-0.39, 0.29) is 18.7 Å². The highest BCUT2D eigenvalue weighted by atomic mass is 19.1. The lowest BCUT2D eigenvalue weighted by atomic mass is 9.71. The summed E-state index contributed by atoms with van der Waals surface area (Å²) in [7, 11) is 0. The predicted octanol–water partition coefficient (Wildman–Crippen LogP) is 2.09. The standard InChI is InChI=1S/C14H14FN3O2/c1-3-14(10(7-16)8-17,13(19)20-4-2)12-6-5-11(15)9-18-12/h5-6,9-10H,3-4H2,1-2H3/t14-/m1/s1. The van der Waals surface area contributed by atoms with Crippen molar-refractivity contribution >= 4 is 5.97 Å². The second-order valence-electron chi connectivity index (χ2n) is 4.10. The van der Waals surface area contributed by atoms with E-state index in [1.54, 1.807) is 26.0 Å². The topological polar surface area (TPSA) is 86.8 Å². The van der Waals surface area contributed by atoms with Crippen LogP contribution in [0.3, 0.4) is 0 Å². The summed E-state index contributed by atoms with van der Waals surface area (Å²) in [5, 5.41) is 18.3. The number of hydrogen-bond donors (Lipinski definition) is 0. The zero-order valence-corrected chi connectivity index (χ0v) is 11.3. The van der Waals surface area contributed by atoms with Gasteiger partial charge in [0.25, 0.3) is 0 Å². The number of carbonyl (C=O) groups is 1. The molecule has 1 rings (SSSR count). The van der Waals surface area contributed by atoms with Crippen LogP contribution in [0.4, 0.5) is 4.39 Å². The lowest BCUT2D eigenvalue weighted by Crippen LogP contribution is -2.43. The summed E-state index contributed by atoms with van der Waals surface area (Å²) in [6.07, 6.45) is 1.10. The van der Waals surface area contributed by atoms with Gasteiger partial charge in [-0.15, -0.1) is 0 Å². The van der Waals surface area contributed by atoms with Crippen LogP contribution < -0.4 is 0 Å². The van der Waals surface area contributed by atoms with Crippen LogP contribution in [0.5, 0.6) is 0 Å². The first-order valence-electron chi connectivity index (χ1n) is 6.15. The molecule has 1 heterocycles. The summed E-state index contributed by atoms with van der Waals surface area (Å²) in [6.45, 7) is 3.40. The second kappa shape index (κ2) is 6.63. The van der Waals surface area contributed by atoms with Crippen LogP contribution in [0, 0.1) is 34.4 Å². The quantitative estimate of drug-likeness (QED) is 0.768. The summed E-state index contributed by atoms with van der Waals surface area (Å²) in [5.41, 5.74) is -1.35. The monoisotopic (exact) mass is 275 g/mol. The summed E-state index contributed by atoms with van der Waals surface area (Å²) in [5.74, 6) is -2.52. The van der Waals surface area contributed by atoms with Gasteiger partial charge in [-0.25, -0.2) is 4.39 Å². The number of halogens is 1. The fourth-order valence-electron chi connectivity index (χ4n) is 2.05. The van der Waals surface area contributed by atoms with E-state index < -0.39 is 23.1 Å². The minimum Gasteiger partial charge on any atom is -0.465 e. The normalized spacial score (nSPS) is 13.1. The Morgan fingerprint density at radius 3 is 2.50 bits per heavy atom. The predicted molar refractivity (Wildman–Crippen MR) is 67.5 cm³/mol. The Kier molecular flexibility index (Phi) is 5.16. The van der Waals surface area contributed by atoms with Crippen molar-refractivity contribution in [1.82, 2.24) is 4.98 Å². The molecule has 0 N–H and O–H groups in total. The van der Waals surface area contributed by atoms with Gasteiger partial charge in [-0.2, -0.15) is 10.5 Å². The van der Waals surface area contributed by atoms with Crippen molar-refractivity contribution < 1.29 is 13.9 Å². The van der Waals surface area contributed by atoms with Crippen molar-refractivity contribution in [2.24, 2.45) is 5.92 Å². The number of ether oxygens (including phenoxy) is 1. The van der Waals surface area contributed by atoms with Gasteiger partial charge in [0.15, 0.2) is 5.92 Å². The molecule has 1 atom stereocenters. The zero-order valence-electron chi connectivity index (χ0n) is 11.3. The van der Waals surface area contributed by atoms with E-state index in [2.05, 4.69) is 4.98 Å². The van der Waals surface area contributed by atoms with Gasteiger partial charge in [0, 0.05) is 0 Å². The molecule has 0 spiro atoms. The van der Waals surface area contributed by atoms with Crippen molar-refractivity contribution in [3.8, 4) is 12.1 Å². The molecular formula is C14H14FN3O2. The highest BCUT2D eigenvalue weighted by molar-refractivity contribution is 5.84. The molecule has 0 aliphatic heterocycles. The Bertz CT molecular complexity index is 545. The molecule has 20 heavy (non-hydrogen) atoms. The van der Waals surface area contributed by atoms with E-state index in [4.69, 9.17) is 15.3 Å². The Labute approximate surface area is 116 Å². The second-order valence-corrected chi connectivity index (χ2v) is 4.10. The number of nitrogens with zero attached hydrogens (tertiary/aromatic N) is 3. The summed E-state index contributed by atoms with van der Waals surface area (Å²) in [4.78, 5) is 16.1. The molecular weight excluding hydrogens is 261 g/mol. The van der Waals surface area contributed by atoms with E-state index in [0.29, 0.717) is 0 Å². The molecule has 0 bridgehead atoms. The van der Waals surface area contributed by atoms with Crippen molar-refractivity contribution in [1.29, 1.82) is 10.5 Å². The van der Waals surface area contributed by atoms with Crippen molar-refractivity contribution in [2.45, 2.75) is 25.7 Å². The van der Waals surface area contributed by atoms with Gasteiger partial charge >= 0.3 is 5.97 Å². The molecule has 5 nitrogen and oxygen atoms in total. The molecule has 0 saturated carbocycles. The van der Waals surface area contributed by atoms with Gasteiger partial charge in [0.1, 0.15) is 11.2 Å². The van der Waals surface area contributed by atoms with Gasteiger partial charge in [-0.3, -0.25) is 9.78 Å². The highest BCUT2D eigenvalue weighted by Crippen LogP contribution is 2.36. The third-order valence-electron chi connectivity index (χ3n) is 3.13. The van der Waals surface area contributed by atoms with Gasteiger partial charge < -0.3 is 4.74 Å². The first-order chi connectivity index (χ1) is 9.56. The number of carbonyl (C=O) groups excluding carboxylic acids is 1. The van der Waals surface area contributed by atoms with Crippen molar-refractivity contribution in [3.63, 3.8) is 0 Å². The van der Waals surface area contributed by atoms with Gasteiger partial charge in [-0.05, 0) is 25.5 Å². The zero-order chi connectivity index (χ0) is 15.2. The first-order valence-corrected chi connectivity index (χ1v) is 6.15. The maximum absolute atomic E-state index is 13.0. The fraction of sp³-hybridized carbons (Fsp3) is 0.429. The minimum atomic E-state index is -1.51. The summed E-state index contributed by atoms with van der Waals surface area (Å²) >= 11 is 0. The van der Waals surface area contributed by atoms with Crippen LogP contribution in [-0.4, -0.2) is 17.6 Å². The number of aromatic nitrogens is 1. The Morgan fingerprint density at radius 2 is 2.10 bits per heavy atom. The van der Waals surface area contributed by atoms with Gasteiger partial charge in [0.2, 0.25) is 0 Å². The fourth-order valence-corrected chi connectivity index (χ4v) is 2.05. The number of esters is 1. The third kappa shape index (κ3) is 2.60. The number of hydrogen-bond acceptors (Lipinski definition) is 5. The molecule has 1 aromatic heterocycles. The highest BCUT2D eigenvalue weighted by Gasteiger charge is 2.49. The van der Waals surface area contributed by atoms with Crippen molar-refractivity contribution in [2.75, 3.05) is 6.61 Å². The molecule has 0 fully saturated rings. The molecule has 0 saturated heterocycles. The Balaban J connectivity index is 3.47. The first kappa shape index (κ1) is 15.6. The molecule has 104 valence electrons. The van der Waals surface area contributed by atoms with Crippen LogP contribution in [0.25, 0.3) is 0 Å². The molecule has 0 aliphatic rings. The number of rotatable bonds is 5. The average molecular weight is 275 g/mol. The Hall–Kier alpha value is -2.47. The molecule has 0 unspecified atom stereocenters. The molecule has 0 aromatic carbocycles. The minimum absolute atomic E-state index is 0.116. The van der Waals surface area contributed by atoms with E-state index in [0.717, 1.165) is 12.3 Å². The summed E-state index contributed by atoms with van der Waals surface area (Å²) < 4.78 is 18.0. The largest absolute Gasteiger partial charge is 0.465 e. The van der Waals surface area contributed by atoms with Crippen molar-refractivity contribution in [3.05, 3.63) is 29.8 Å². The van der Waals surface area contributed by atoms with E-state index in [1.165, 1.54) is 6.07 Å². The molecule has 6 heteroatoms. The SMILES string of the molecule is CCOC(=O)[C@@](CC)(c1ccc(F)cn1)C(C#N)C#N. The van der Waals surface area contributed by atoms with Crippen LogP contribution >= 0.6 is 0 Å². The average Bonchev–Trinajstić information content (AvgIpc) is 2.46. The summed E-state index contributed by atoms with van der Waals surface area (Å²) in [6, 6.07) is 6.04. The third-order valence-corrected chi connectivity index (χ3v) is 3.13. The van der Waals surface area contributed by atoms with E-state index in [1.807, 2.05) is 0 Å². The lowest BCUT2D eigenvalue weighted by Gasteiger charge is -2.30. The molecule has 0 radical (unpaired) electrons. The van der Waals surface area contributed by atoms with E-state index in [9.17, 15) is 9.18 Å². The smallest absolute Gasteiger partial charge is 0.320 e. The van der Waals surface area contributed by atoms with Gasteiger partial charge in [0.05, 0.1) is 30.6 Å². The van der Waals surface area contributed by atoms with Crippen LogP contribution in [0.15, 0.2) is 18.3 Å². The maximum Gasteiger partial charge on any atom is 0.320 e. The van der Waals surface area contributed by atoms with Gasteiger partial charge in [-0.1, -0.05) is 6.92 Å². The Morgan fingerprint density at radius 1 is 1.45 bits per heavy atom. The van der Waals surface area contributed by atoms with Crippen LogP contribution in [0.1, 0.15) is 26.0 Å². The maximum atomic E-state index is 13.0. The molecule has 1 aromatic rings. The van der Waals surface area contributed by atoms with Crippen LogP contribution in [0.2, 0.25) is 0 Å².